The summed E-state index contributed by atoms with van der Waals surface area (Å²) in [6.45, 7) is 10.8. The van der Waals surface area contributed by atoms with Crippen LogP contribution in [0.4, 0.5) is 0 Å². The minimum absolute atomic E-state index is 0.102. The predicted molar refractivity (Wildman–Crippen MR) is 200 cm³/mol. The molecule has 5 atom stereocenters. The van der Waals surface area contributed by atoms with Gasteiger partial charge in [0.15, 0.2) is 0 Å². The van der Waals surface area contributed by atoms with E-state index in [0.29, 0.717) is 5.92 Å². The van der Waals surface area contributed by atoms with Crippen molar-refractivity contribution in [1.29, 1.82) is 0 Å². The van der Waals surface area contributed by atoms with Crippen LogP contribution in [-0.2, 0) is 12.8 Å². The average molecular weight is 643 g/mol. The second-order valence-corrected chi connectivity index (χ2v) is 14.4. The fraction of sp³-hybridized carbons (Fsp3) is 0.364. The van der Waals surface area contributed by atoms with Crippen LogP contribution in [0.3, 0.4) is 0 Å². The molecule has 0 saturated heterocycles. The van der Waals surface area contributed by atoms with Crippen molar-refractivity contribution >= 4 is 44.4 Å². The van der Waals surface area contributed by atoms with Gasteiger partial charge in [-0.3, -0.25) is 0 Å². The lowest BCUT2D eigenvalue weighted by Gasteiger charge is -2.28. The first-order valence-electron chi connectivity index (χ1n) is 18.1. The predicted octanol–water partition coefficient (Wildman–Crippen LogP) is 9.19. The molecule has 244 valence electrons. The molecule has 5 heterocycles. The van der Waals surface area contributed by atoms with Crippen molar-refractivity contribution < 1.29 is 5.11 Å². The zero-order valence-corrected chi connectivity index (χ0v) is 29.0. The first-order chi connectivity index (χ1) is 23.8. The summed E-state index contributed by atoms with van der Waals surface area (Å²) in [6.07, 6.45) is 11.4. The molecule has 5 heteroatoms. The molecule has 8 bridgehead atoms. The maximum absolute atomic E-state index is 10.9. The van der Waals surface area contributed by atoms with Gasteiger partial charge in [-0.25, -0.2) is 9.97 Å². The molecular formula is C44H42N4O. The zero-order chi connectivity index (χ0) is 33.6. The molecular weight excluding hydrogens is 601 g/mol. The number of H-pyrrole nitrogens is 2. The number of aliphatic hydroxyl groups is 1. The number of aromatic nitrogens is 4. The molecule has 0 spiro atoms. The lowest BCUT2D eigenvalue weighted by atomic mass is 9.77. The molecule has 3 N–H and O–H groups in total. The zero-order valence-electron chi connectivity index (χ0n) is 29.0. The molecule has 6 aliphatic rings. The smallest absolute Gasteiger partial charge is 0.0728 e. The Hall–Kier alpha value is -4.84. The van der Waals surface area contributed by atoms with E-state index in [9.17, 15) is 5.11 Å². The molecule has 3 aromatic rings. The summed E-state index contributed by atoms with van der Waals surface area (Å²) in [7, 11) is 0. The van der Waals surface area contributed by atoms with Crippen molar-refractivity contribution in [2.24, 2.45) is 11.8 Å². The van der Waals surface area contributed by atoms with Gasteiger partial charge in [0.25, 0.3) is 0 Å². The van der Waals surface area contributed by atoms with Crippen LogP contribution in [0.2, 0.25) is 0 Å². The van der Waals surface area contributed by atoms with Gasteiger partial charge < -0.3 is 15.1 Å². The third-order valence-corrected chi connectivity index (χ3v) is 11.6. The third-order valence-electron chi connectivity index (χ3n) is 11.6. The van der Waals surface area contributed by atoms with E-state index >= 15 is 0 Å². The van der Waals surface area contributed by atoms with Gasteiger partial charge in [-0.15, -0.1) is 0 Å². The maximum Gasteiger partial charge on any atom is 0.0728 e. The van der Waals surface area contributed by atoms with Crippen molar-refractivity contribution in [3.05, 3.63) is 93.1 Å². The summed E-state index contributed by atoms with van der Waals surface area (Å²) in [5.74, 6) is 14.4. The van der Waals surface area contributed by atoms with E-state index in [0.717, 1.165) is 88.9 Å². The van der Waals surface area contributed by atoms with Gasteiger partial charge >= 0.3 is 0 Å². The van der Waals surface area contributed by atoms with Crippen LogP contribution in [0.5, 0.6) is 0 Å². The molecule has 3 aromatic heterocycles. The summed E-state index contributed by atoms with van der Waals surface area (Å²) in [5, 5.41) is 10.9. The lowest BCUT2D eigenvalue weighted by molar-refractivity contribution is 0.220. The number of allylic oxidation sites excluding steroid dienone is 7. The average Bonchev–Trinajstić information content (AvgIpc) is 3.83. The lowest BCUT2D eigenvalue weighted by Crippen LogP contribution is -2.18. The van der Waals surface area contributed by atoms with Crippen molar-refractivity contribution in [1.82, 2.24) is 19.9 Å². The van der Waals surface area contributed by atoms with Crippen LogP contribution in [0.25, 0.3) is 44.4 Å². The first kappa shape index (κ1) is 30.2. The molecule has 0 amide bonds. The van der Waals surface area contributed by atoms with Crippen molar-refractivity contribution in [2.75, 3.05) is 0 Å². The summed E-state index contributed by atoms with van der Waals surface area (Å²) in [6, 6.07) is 9.11. The number of aromatic amines is 2. The molecule has 0 aromatic carbocycles. The normalized spacial score (nSPS) is 23.8. The Labute approximate surface area is 288 Å². The van der Waals surface area contributed by atoms with E-state index in [1.165, 1.54) is 44.5 Å². The highest BCUT2D eigenvalue weighted by atomic mass is 16.3. The molecule has 0 radical (unpaired) electrons. The van der Waals surface area contributed by atoms with Gasteiger partial charge in [-0.2, -0.15) is 0 Å². The monoisotopic (exact) mass is 642 g/mol. The number of rotatable bonds is 3. The second kappa shape index (κ2) is 11.4. The van der Waals surface area contributed by atoms with E-state index in [-0.39, 0.29) is 17.8 Å². The number of nitrogens with one attached hydrogen (secondary N) is 2. The number of fused-ring (bicyclic) bond motifs is 18. The van der Waals surface area contributed by atoms with Crippen LogP contribution < -0.4 is 0 Å². The first-order valence-corrected chi connectivity index (χ1v) is 18.1. The van der Waals surface area contributed by atoms with E-state index < -0.39 is 6.10 Å². The quantitative estimate of drug-likeness (QED) is 0.197. The Kier molecular flexibility index (Phi) is 7.01. The Balaban J connectivity index is 1.42. The van der Waals surface area contributed by atoms with Crippen molar-refractivity contribution in [2.45, 2.75) is 91.1 Å². The minimum atomic E-state index is -0.506. The Morgan fingerprint density at radius 2 is 1.35 bits per heavy atom. The number of nitrogens with zero attached hydrogens (tertiary/aromatic N) is 2. The highest BCUT2D eigenvalue weighted by Crippen LogP contribution is 2.48. The van der Waals surface area contributed by atoms with Gasteiger partial charge in [0, 0.05) is 58.6 Å². The van der Waals surface area contributed by atoms with E-state index in [4.69, 9.17) is 9.97 Å². The Morgan fingerprint density at radius 1 is 0.755 bits per heavy atom. The standard InChI is InChI=1S/C44H42N4O/c1-6-26-13-10-16-31-35-22-40-44-27(7-2)28(25(5)49)17-18-32(44)36(48-40)20-38-41-23(3)11-8-14-29(41)33(45-38)19-37-42-24(4)12-9-15-30(42)34(46-37)21-39(47-35)43(26)31/h10,13,17,19-27,45-46,49H,6-7,14-16,18H2,1-5H3/t23?,24?,25-,26?,27?/m1/s1. The van der Waals surface area contributed by atoms with Crippen molar-refractivity contribution in [3.8, 4) is 23.7 Å². The van der Waals surface area contributed by atoms with E-state index in [2.05, 4.69) is 104 Å². The minimum Gasteiger partial charge on any atom is -0.389 e. The number of hydrogen-bond acceptors (Lipinski definition) is 3. The summed E-state index contributed by atoms with van der Waals surface area (Å²) >= 11 is 0. The fourth-order valence-corrected chi connectivity index (χ4v) is 9.32. The second-order valence-electron chi connectivity index (χ2n) is 14.4. The molecule has 9 rings (SSSR count). The van der Waals surface area contributed by atoms with Crippen LogP contribution in [0.1, 0.15) is 117 Å². The molecule has 5 nitrogen and oxygen atoms in total. The maximum atomic E-state index is 10.9. The molecule has 4 aliphatic carbocycles. The SMILES string of the molecule is CCC1C=CCC2=C1c1cc3[nH]c(cc4[nH]c(cc5nc(cc2n1)C1=C5CC=C([C@@H](C)O)C1CC)c1c4CC#CC1C)c1c3CC#CC1C. The molecule has 0 saturated carbocycles. The summed E-state index contributed by atoms with van der Waals surface area (Å²) in [5.41, 5.74) is 19.8. The summed E-state index contributed by atoms with van der Waals surface area (Å²) < 4.78 is 0. The third kappa shape index (κ3) is 4.59. The van der Waals surface area contributed by atoms with Gasteiger partial charge in [-0.05, 0) is 121 Å². The van der Waals surface area contributed by atoms with Gasteiger partial charge in [-0.1, -0.05) is 55.8 Å². The molecule has 4 unspecified atom stereocenters. The highest BCUT2D eigenvalue weighted by molar-refractivity contribution is 5.99. The number of hydrogen-bond donors (Lipinski definition) is 3. The summed E-state index contributed by atoms with van der Waals surface area (Å²) in [4.78, 5) is 18.6. The largest absolute Gasteiger partial charge is 0.389 e. The van der Waals surface area contributed by atoms with Gasteiger partial charge in [0.1, 0.15) is 0 Å². The highest BCUT2D eigenvalue weighted by Gasteiger charge is 2.34. The van der Waals surface area contributed by atoms with Crippen LogP contribution >= 0.6 is 0 Å². The van der Waals surface area contributed by atoms with E-state index in [1.807, 2.05) is 6.92 Å². The fourth-order valence-electron chi connectivity index (χ4n) is 9.32. The van der Waals surface area contributed by atoms with Gasteiger partial charge in [0.2, 0.25) is 0 Å². The Bertz CT molecular complexity index is 2400. The van der Waals surface area contributed by atoms with Crippen molar-refractivity contribution in [3.63, 3.8) is 0 Å². The Morgan fingerprint density at radius 3 is 2.00 bits per heavy atom. The van der Waals surface area contributed by atoms with Crippen LogP contribution in [0.15, 0.2) is 48.1 Å². The van der Waals surface area contributed by atoms with Crippen LogP contribution in [0, 0.1) is 35.5 Å². The molecule has 0 fully saturated rings. The van der Waals surface area contributed by atoms with Crippen LogP contribution in [-0.4, -0.2) is 31.1 Å². The number of aliphatic hydroxyl groups excluding tert-OH is 1. The van der Waals surface area contributed by atoms with E-state index in [1.54, 1.807) is 0 Å². The molecule has 2 aliphatic heterocycles. The topological polar surface area (TPSA) is 77.6 Å². The van der Waals surface area contributed by atoms with Gasteiger partial charge in [0.05, 0.1) is 28.9 Å². The molecule has 49 heavy (non-hydrogen) atoms.